The number of carbonyl (C=O) groups excluding carboxylic acids is 3. The molecule has 0 amide bonds. The van der Waals surface area contributed by atoms with Crippen LogP contribution in [0.2, 0.25) is 0 Å². The number of ether oxygens (including phenoxy) is 3. The molecule has 0 saturated heterocycles. The SMILES string of the molecule is CC/C=C\C/C=C\C/C=C\CCCCCCCCC(=O)OC(COC(=O)CCCCCCC/C=C\CCCC)COC(=O)CCCCCCCCCCCCCCCCCCC. The minimum atomic E-state index is -0.780. The maximum atomic E-state index is 12.8. The second-order valence-corrected chi connectivity index (χ2v) is 17.8. The molecule has 0 aliphatic heterocycles. The van der Waals surface area contributed by atoms with Crippen LogP contribution in [0.1, 0.15) is 271 Å². The van der Waals surface area contributed by atoms with E-state index in [0.29, 0.717) is 19.3 Å². The first kappa shape index (κ1) is 59.4. The second kappa shape index (κ2) is 51.0. The summed E-state index contributed by atoms with van der Waals surface area (Å²) < 4.78 is 16.8. The van der Waals surface area contributed by atoms with Crippen LogP contribution in [0.4, 0.5) is 0 Å². The van der Waals surface area contributed by atoms with Gasteiger partial charge in [-0.2, -0.15) is 0 Å². The van der Waals surface area contributed by atoms with Crippen molar-refractivity contribution in [3.63, 3.8) is 0 Å². The average Bonchev–Trinajstić information content (AvgIpc) is 3.27. The van der Waals surface area contributed by atoms with E-state index in [9.17, 15) is 14.4 Å². The molecule has 0 bridgehead atoms. The first-order chi connectivity index (χ1) is 30.5. The minimum absolute atomic E-state index is 0.0786. The molecular formula is C56H100O6. The predicted octanol–water partition coefficient (Wildman–Crippen LogP) is 17.5. The topological polar surface area (TPSA) is 78.9 Å². The van der Waals surface area contributed by atoms with Gasteiger partial charge in [0, 0.05) is 19.3 Å². The number of hydrogen-bond donors (Lipinski definition) is 0. The number of allylic oxidation sites excluding steroid dienone is 8. The third kappa shape index (κ3) is 48.4. The Bertz CT molecular complexity index is 1090. The Morgan fingerprint density at radius 2 is 0.645 bits per heavy atom. The molecule has 0 saturated carbocycles. The van der Waals surface area contributed by atoms with Crippen molar-refractivity contribution < 1.29 is 28.6 Å². The van der Waals surface area contributed by atoms with E-state index < -0.39 is 6.10 Å². The normalized spacial score (nSPS) is 12.4. The molecule has 6 nitrogen and oxygen atoms in total. The van der Waals surface area contributed by atoms with Crippen LogP contribution in [0.5, 0.6) is 0 Å². The zero-order chi connectivity index (χ0) is 45.1. The van der Waals surface area contributed by atoms with Crippen molar-refractivity contribution in [3.8, 4) is 0 Å². The van der Waals surface area contributed by atoms with E-state index in [-0.39, 0.29) is 31.1 Å². The van der Waals surface area contributed by atoms with Crippen molar-refractivity contribution in [2.75, 3.05) is 13.2 Å². The number of unbranched alkanes of at least 4 members (excludes halogenated alkanes) is 29. The zero-order valence-electron chi connectivity index (χ0n) is 41.1. The van der Waals surface area contributed by atoms with E-state index >= 15 is 0 Å². The summed E-state index contributed by atoms with van der Waals surface area (Å²) in [5.41, 5.74) is 0. The van der Waals surface area contributed by atoms with Crippen LogP contribution in [-0.2, 0) is 28.6 Å². The molecule has 0 aromatic heterocycles. The first-order valence-electron chi connectivity index (χ1n) is 26.6. The maximum absolute atomic E-state index is 12.8. The summed E-state index contributed by atoms with van der Waals surface area (Å²) in [6, 6.07) is 0. The molecule has 0 aromatic rings. The Kier molecular flexibility index (Phi) is 48.8. The molecule has 1 atom stereocenters. The smallest absolute Gasteiger partial charge is 0.306 e. The van der Waals surface area contributed by atoms with Gasteiger partial charge in [0.2, 0.25) is 0 Å². The Morgan fingerprint density at radius 3 is 1.05 bits per heavy atom. The van der Waals surface area contributed by atoms with Gasteiger partial charge in [-0.15, -0.1) is 0 Å². The summed E-state index contributed by atoms with van der Waals surface area (Å²) in [5.74, 6) is -0.892. The van der Waals surface area contributed by atoms with Crippen molar-refractivity contribution in [3.05, 3.63) is 48.6 Å². The van der Waals surface area contributed by atoms with Crippen LogP contribution in [0.25, 0.3) is 0 Å². The number of esters is 3. The first-order valence-corrected chi connectivity index (χ1v) is 26.6. The van der Waals surface area contributed by atoms with Gasteiger partial charge >= 0.3 is 17.9 Å². The van der Waals surface area contributed by atoms with Crippen LogP contribution in [0, 0.1) is 0 Å². The largest absolute Gasteiger partial charge is 0.462 e. The molecule has 1 unspecified atom stereocenters. The number of rotatable bonds is 48. The minimum Gasteiger partial charge on any atom is -0.462 e. The van der Waals surface area contributed by atoms with Gasteiger partial charge in [-0.3, -0.25) is 14.4 Å². The quantitative estimate of drug-likeness (QED) is 0.0262. The Morgan fingerprint density at radius 1 is 0.339 bits per heavy atom. The Balaban J connectivity index is 4.35. The highest BCUT2D eigenvalue weighted by atomic mass is 16.6. The molecule has 0 radical (unpaired) electrons. The highest BCUT2D eigenvalue weighted by Crippen LogP contribution is 2.16. The van der Waals surface area contributed by atoms with Gasteiger partial charge < -0.3 is 14.2 Å². The lowest BCUT2D eigenvalue weighted by Crippen LogP contribution is -2.30. The van der Waals surface area contributed by atoms with E-state index in [4.69, 9.17) is 14.2 Å². The molecule has 0 N–H and O–H groups in total. The van der Waals surface area contributed by atoms with Crippen LogP contribution in [0.15, 0.2) is 48.6 Å². The molecular weight excluding hydrogens is 769 g/mol. The van der Waals surface area contributed by atoms with Gasteiger partial charge in [0.15, 0.2) is 6.10 Å². The average molecular weight is 869 g/mol. The fourth-order valence-corrected chi connectivity index (χ4v) is 7.56. The van der Waals surface area contributed by atoms with Crippen molar-refractivity contribution in [1.82, 2.24) is 0 Å². The molecule has 62 heavy (non-hydrogen) atoms. The fourth-order valence-electron chi connectivity index (χ4n) is 7.56. The molecule has 0 rings (SSSR count). The summed E-state index contributed by atoms with van der Waals surface area (Å²) in [5, 5.41) is 0. The third-order valence-corrected chi connectivity index (χ3v) is 11.6. The summed E-state index contributed by atoms with van der Waals surface area (Å²) >= 11 is 0. The van der Waals surface area contributed by atoms with Gasteiger partial charge in [-0.1, -0.05) is 230 Å². The molecule has 6 heteroatoms. The fraction of sp³-hybridized carbons (Fsp3) is 0.804. The molecule has 0 heterocycles. The van der Waals surface area contributed by atoms with Crippen molar-refractivity contribution in [2.45, 2.75) is 277 Å². The third-order valence-electron chi connectivity index (χ3n) is 11.6. The van der Waals surface area contributed by atoms with Gasteiger partial charge in [0.1, 0.15) is 13.2 Å². The van der Waals surface area contributed by atoms with Gasteiger partial charge in [0.25, 0.3) is 0 Å². The van der Waals surface area contributed by atoms with Crippen molar-refractivity contribution >= 4 is 17.9 Å². The van der Waals surface area contributed by atoms with E-state index in [1.54, 1.807) is 0 Å². The van der Waals surface area contributed by atoms with E-state index in [0.717, 1.165) is 96.3 Å². The lowest BCUT2D eigenvalue weighted by Gasteiger charge is -2.18. The highest BCUT2D eigenvalue weighted by Gasteiger charge is 2.19. The predicted molar refractivity (Wildman–Crippen MR) is 265 cm³/mol. The zero-order valence-corrected chi connectivity index (χ0v) is 41.1. The standard InChI is InChI=1S/C56H100O6/c1-4-7-10-13-16-19-22-24-26-28-30-31-34-37-40-43-46-49-55(58)61-52-53(51-60-54(57)48-45-42-39-36-33-21-18-15-12-9-6-3)62-56(59)50-47-44-41-38-35-32-29-27-25-23-20-17-14-11-8-5-2/h8,11,15,17-18,20,25,27,53H,4-7,9-10,12-14,16,19,21-24,26,28-52H2,1-3H3/b11-8-,18-15-,20-17-,27-25-. The Labute approximate surface area is 384 Å². The lowest BCUT2D eigenvalue weighted by molar-refractivity contribution is -0.167. The number of hydrogen-bond acceptors (Lipinski definition) is 6. The monoisotopic (exact) mass is 869 g/mol. The van der Waals surface area contributed by atoms with Gasteiger partial charge in [-0.25, -0.2) is 0 Å². The van der Waals surface area contributed by atoms with Gasteiger partial charge in [-0.05, 0) is 70.6 Å². The lowest BCUT2D eigenvalue weighted by atomic mass is 10.0. The summed E-state index contributed by atoms with van der Waals surface area (Å²) in [4.78, 5) is 38.0. The van der Waals surface area contributed by atoms with Crippen molar-refractivity contribution in [1.29, 1.82) is 0 Å². The molecule has 0 aliphatic carbocycles. The van der Waals surface area contributed by atoms with Crippen LogP contribution in [-0.4, -0.2) is 37.2 Å². The summed E-state index contributed by atoms with van der Waals surface area (Å²) in [6.07, 6.45) is 61.0. The summed E-state index contributed by atoms with van der Waals surface area (Å²) in [6.45, 7) is 6.49. The van der Waals surface area contributed by atoms with Gasteiger partial charge in [0.05, 0.1) is 0 Å². The van der Waals surface area contributed by atoms with Crippen LogP contribution >= 0.6 is 0 Å². The van der Waals surface area contributed by atoms with E-state index in [1.807, 2.05) is 0 Å². The molecule has 0 aliphatic rings. The van der Waals surface area contributed by atoms with Crippen LogP contribution < -0.4 is 0 Å². The molecule has 0 aromatic carbocycles. The van der Waals surface area contributed by atoms with E-state index in [2.05, 4.69) is 69.4 Å². The molecule has 360 valence electrons. The molecule has 0 fully saturated rings. The highest BCUT2D eigenvalue weighted by molar-refractivity contribution is 5.71. The van der Waals surface area contributed by atoms with Crippen molar-refractivity contribution in [2.24, 2.45) is 0 Å². The Hall–Kier alpha value is -2.63. The maximum Gasteiger partial charge on any atom is 0.306 e. The number of carbonyl (C=O) groups is 3. The van der Waals surface area contributed by atoms with Crippen LogP contribution in [0.3, 0.4) is 0 Å². The second-order valence-electron chi connectivity index (χ2n) is 17.8. The van der Waals surface area contributed by atoms with E-state index in [1.165, 1.54) is 135 Å². The summed E-state index contributed by atoms with van der Waals surface area (Å²) in [7, 11) is 0. The molecule has 0 spiro atoms.